The van der Waals surface area contributed by atoms with Crippen LogP contribution in [0.15, 0.2) is 18.2 Å². The molecule has 0 heterocycles. The smallest absolute Gasteiger partial charge is 0.123 e. The van der Waals surface area contributed by atoms with E-state index in [9.17, 15) is 0 Å². The van der Waals surface area contributed by atoms with Crippen molar-refractivity contribution in [3.05, 3.63) is 23.8 Å². The van der Waals surface area contributed by atoms with Gasteiger partial charge in [-0.05, 0) is 32.0 Å². The fourth-order valence-electron chi connectivity index (χ4n) is 1.76. The van der Waals surface area contributed by atoms with Crippen molar-refractivity contribution in [2.75, 3.05) is 20.8 Å². The molecule has 0 saturated carbocycles. The Kier molecular flexibility index (Phi) is 6.10. The van der Waals surface area contributed by atoms with Crippen molar-refractivity contribution in [2.45, 2.75) is 26.3 Å². The molecule has 3 nitrogen and oxygen atoms in total. The van der Waals surface area contributed by atoms with Gasteiger partial charge >= 0.3 is 0 Å². The third kappa shape index (κ3) is 3.97. The fourth-order valence-corrected chi connectivity index (χ4v) is 1.76. The normalized spacial score (nSPS) is 11.3. The molecule has 0 aliphatic heterocycles. The maximum Gasteiger partial charge on any atom is 0.123 e. The van der Waals surface area contributed by atoms with Crippen LogP contribution in [0.1, 0.15) is 31.9 Å². The van der Waals surface area contributed by atoms with E-state index in [4.69, 9.17) is 9.47 Å². The summed E-state index contributed by atoms with van der Waals surface area (Å²) in [4.78, 5) is 0. The Labute approximate surface area is 109 Å². The summed E-state index contributed by atoms with van der Waals surface area (Å²) in [6, 6.07) is 6.03. The number of rotatable bonds is 6. The van der Waals surface area contributed by atoms with Crippen LogP contribution < -0.4 is 14.8 Å². The van der Waals surface area contributed by atoms with E-state index < -0.39 is 0 Å². The Balaban J connectivity index is 2.74. The Morgan fingerprint density at radius 1 is 1.28 bits per heavy atom. The molecule has 3 heteroatoms. The Bertz CT molecular complexity index is 432. The molecule has 0 spiro atoms. The molecule has 18 heavy (non-hydrogen) atoms. The molecular formula is C15H21NO2. The van der Waals surface area contributed by atoms with Crippen LogP contribution in [0.2, 0.25) is 0 Å². The number of hydrogen-bond donors (Lipinski definition) is 1. The summed E-state index contributed by atoms with van der Waals surface area (Å²) in [6.07, 6.45) is 0.854. The Morgan fingerprint density at radius 2 is 2.06 bits per heavy atom. The summed E-state index contributed by atoms with van der Waals surface area (Å²) < 4.78 is 10.6. The van der Waals surface area contributed by atoms with E-state index in [-0.39, 0.29) is 6.04 Å². The van der Waals surface area contributed by atoms with Gasteiger partial charge in [-0.3, -0.25) is 0 Å². The quantitative estimate of drug-likeness (QED) is 0.619. The maximum atomic E-state index is 5.37. The van der Waals surface area contributed by atoms with Gasteiger partial charge in [0.2, 0.25) is 0 Å². The Hall–Kier alpha value is -1.66. The van der Waals surface area contributed by atoms with E-state index in [1.54, 1.807) is 14.2 Å². The van der Waals surface area contributed by atoms with E-state index in [1.807, 2.05) is 25.1 Å². The van der Waals surface area contributed by atoms with E-state index >= 15 is 0 Å². The van der Waals surface area contributed by atoms with Gasteiger partial charge in [-0.15, -0.1) is 11.8 Å². The molecule has 1 rings (SSSR count). The Morgan fingerprint density at radius 3 is 2.67 bits per heavy atom. The van der Waals surface area contributed by atoms with Gasteiger partial charge in [0, 0.05) is 24.6 Å². The molecule has 0 aromatic heterocycles. The molecule has 0 aliphatic carbocycles. The largest absolute Gasteiger partial charge is 0.497 e. The lowest BCUT2D eigenvalue weighted by Gasteiger charge is -2.17. The molecule has 0 saturated heterocycles. The molecule has 98 valence electrons. The van der Waals surface area contributed by atoms with Gasteiger partial charge in [0.05, 0.1) is 14.2 Å². The van der Waals surface area contributed by atoms with Crippen molar-refractivity contribution in [2.24, 2.45) is 0 Å². The standard InChI is InChI=1S/C15H21NO2/c1-5-6-7-10-16-12(2)14-11-13(17-3)8-9-15(14)18-4/h8-9,11-12,16H,7,10H2,1-4H3. The van der Waals surface area contributed by atoms with Crippen LogP contribution in [0.4, 0.5) is 0 Å². The third-order valence-electron chi connectivity index (χ3n) is 2.78. The number of hydrogen-bond acceptors (Lipinski definition) is 3. The minimum atomic E-state index is 0.203. The number of methoxy groups -OCH3 is 2. The van der Waals surface area contributed by atoms with Gasteiger partial charge in [-0.25, -0.2) is 0 Å². The summed E-state index contributed by atoms with van der Waals surface area (Å²) in [5.41, 5.74) is 1.10. The van der Waals surface area contributed by atoms with Crippen LogP contribution >= 0.6 is 0 Å². The van der Waals surface area contributed by atoms with Crippen LogP contribution in [-0.2, 0) is 0 Å². The molecule has 0 fully saturated rings. The topological polar surface area (TPSA) is 30.5 Å². The maximum absolute atomic E-state index is 5.37. The van der Waals surface area contributed by atoms with Crippen molar-refractivity contribution in [3.63, 3.8) is 0 Å². The van der Waals surface area contributed by atoms with Crippen molar-refractivity contribution < 1.29 is 9.47 Å². The van der Waals surface area contributed by atoms with Crippen LogP contribution in [0.5, 0.6) is 11.5 Å². The molecule has 1 unspecified atom stereocenters. The predicted octanol–water partition coefficient (Wildman–Crippen LogP) is 2.77. The summed E-state index contributed by atoms with van der Waals surface area (Å²) in [5.74, 6) is 7.64. The monoisotopic (exact) mass is 247 g/mol. The van der Waals surface area contributed by atoms with Crippen LogP contribution in [0.3, 0.4) is 0 Å². The minimum absolute atomic E-state index is 0.203. The van der Waals surface area contributed by atoms with Crippen molar-refractivity contribution in [1.29, 1.82) is 0 Å². The fraction of sp³-hybridized carbons (Fsp3) is 0.467. The second kappa shape index (κ2) is 7.62. The summed E-state index contributed by atoms with van der Waals surface area (Å²) in [7, 11) is 3.35. The first-order valence-electron chi connectivity index (χ1n) is 6.07. The summed E-state index contributed by atoms with van der Waals surface area (Å²) in [6.45, 7) is 4.83. The van der Waals surface area contributed by atoms with Gasteiger partial charge < -0.3 is 14.8 Å². The highest BCUT2D eigenvalue weighted by atomic mass is 16.5. The third-order valence-corrected chi connectivity index (χ3v) is 2.78. The van der Waals surface area contributed by atoms with Gasteiger partial charge in [0.25, 0.3) is 0 Å². The lowest BCUT2D eigenvalue weighted by molar-refractivity contribution is 0.392. The van der Waals surface area contributed by atoms with Crippen molar-refractivity contribution in [1.82, 2.24) is 5.32 Å². The highest BCUT2D eigenvalue weighted by Gasteiger charge is 2.11. The molecule has 0 amide bonds. The molecular weight excluding hydrogens is 226 g/mol. The van der Waals surface area contributed by atoms with Crippen LogP contribution in [-0.4, -0.2) is 20.8 Å². The first-order valence-corrected chi connectivity index (χ1v) is 6.07. The van der Waals surface area contributed by atoms with E-state index in [0.717, 1.165) is 30.0 Å². The zero-order chi connectivity index (χ0) is 13.4. The van der Waals surface area contributed by atoms with Crippen molar-refractivity contribution >= 4 is 0 Å². The van der Waals surface area contributed by atoms with Crippen molar-refractivity contribution in [3.8, 4) is 23.3 Å². The first kappa shape index (κ1) is 14.4. The number of nitrogens with one attached hydrogen (secondary N) is 1. The zero-order valence-corrected chi connectivity index (χ0v) is 11.5. The lowest BCUT2D eigenvalue weighted by Crippen LogP contribution is -2.20. The molecule has 1 N–H and O–H groups in total. The van der Waals surface area contributed by atoms with E-state index in [0.29, 0.717) is 0 Å². The number of ether oxygens (including phenoxy) is 2. The molecule has 1 aromatic carbocycles. The highest BCUT2D eigenvalue weighted by molar-refractivity contribution is 5.42. The molecule has 1 aromatic rings. The van der Waals surface area contributed by atoms with Gasteiger partial charge in [0.15, 0.2) is 0 Å². The minimum Gasteiger partial charge on any atom is -0.497 e. The van der Waals surface area contributed by atoms with Crippen LogP contribution in [0, 0.1) is 11.8 Å². The molecule has 0 aliphatic rings. The van der Waals surface area contributed by atoms with E-state index in [2.05, 4.69) is 24.1 Å². The van der Waals surface area contributed by atoms with Gasteiger partial charge in [-0.2, -0.15) is 0 Å². The molecule has 0 bridgehead atoms. The highest BCUT2D eigenvalue weighted by Crippen LogP contribution is 2.29. The second-order valence-electron chi connectivity index (χ2n) is 3.96. The summed E-state index contributed by atoms with van der Waals surface area (Å²) >= 11 is 0. The molecule has 0 radical (unpaired) electrons. The molecule has 1 atom stereocenters. The SMILES string of the molecule is CC#CCCNC(C)c1cc(OC)ccc1OC. The average Bonchev–Trinajstić information content (AvgIpc) is 2.42. The first-order chi connectivity index (χ1) is 8.72. The lowest BCUT2D eigenvalue weighted by atomic mass is 10.1. The summed E-state index contributed by atoms with van der Waals surface area (Å²) in [5, 5.41) is 3.42. The zero-order valence-electron chi connectivity index (χ0n) is 11.5. The van der Waals surface area contributed by atoms with E-state index in [1.165, 1.54) is 0 Å². The average molecular weight is 247 g/mol. The van der Waals surface area contributed by atoms with Crippen LogP contribution in [0.25, 0.3) is 0 Å². The predicted molar refractivity (Wildman–Crippen MR) is 74.0 cm³/mol. The van der Waals surface area contributed by atoms with Gasteiger partial charge in [0.1, 0.15) is 11.5 Å². The number of benzene rings is 1. The van der Waals surface area contributed by atoms with Gasteiger partial charge in [-0.1, -0.05) is 0 Å². The second-order valence-corrected chi connectivity index (χ2v) is 3.96.